The Morgan fingerprint density at radius 2 is 2.25 bits per heavy atom. The van der Waals surface area contributed by atoms with E-state index >= 15 is 0 Å². The van der Waals surface area contributed by atoms with Crippen molar-refractivity contribution in [3.8, 4) is 5.69 Å². The topological polar surface area (TPSA) is 66.0 Å². The first kappa shape index (κ1) is 13.3. The molecule has 1 unspecified atom stereocenters. The van der Waals surface area contributed by atoms with Gasteiger partial charge in [0.25, 0.3) is 0 Å². The molecule has 2 aromatic rings. The molecule has 0 radical (unpaired) electrons. The molecule has 2 heterocycles. The first-order valence-corrected chi connectivity index (χ1v) is 7.19. The van der Waals surface area contributed by atoms with Gasteiger partial charge in [0.1, 0.15) is 11.8 Å². The smallest absolute Gasteiger partial charge is 0.103 e. The van der Waals surface area contributed by atoms with E-state index in [1.807, 2.05) is 10.7 Å². The third kappa shape index (κ3) is 2.23. The van der Waals surface area contributed by atoms with Gasteiger partial charge >= 0.3 is 0 Å². The fourth-order valence-corrected chi connectivity index (χ4v) is 2.78. The van der Waals surface area contributed by atoms with E-state index in [1.165, 1.54) is 5.56 Å². The van der Waals surface area contributed by atoms with E-state index in [0.29, 0.717) is 6.54 Å². The quantitative estimate of drug-likeness (QED) is 0.926. The molecule has 0 amide bonds. The minimum absolute atomic E-state index is 0.0634. The van der Waals surface area contributed by atoms with Gasteiger partial charge in [0.15, 0.2) is 0 Å². The molecule has 0 spiro atoms. The van der Waals surface area contributed by atoms with Gasteiger partial charge in [0.05, 0.1) is 11.4 Å². The van der Waals surface area contributed by atoms with Crippen molar-refractivity contribution in [2.24, 2.45) is 5.73 Å². The van der Waals surface area contributed by atoms with Crippen molar-refractivity contribution < 1.29 is 4.74 Å². The second kappa shape index (κ2) is 5.73. The standard InChI is InChI=1S/C15H20N4O/c1-2-11-6-3-4-7-13(11)19-15(12(10-16)17-18-19)14-8-5-9-20-14/h3-4,6-7,14H,2,5,8-10,16H2,1H3. The summed E-state index contributed by atoms with van der Waals surface area (Å²) in [7, 11) is 0. The van der Waals surface area contributed by atoms with Gasteiger partial charge in [-0.05, 0) is 30.9 Å². The van der Waals surface area contributed by atoms with E-state index in [-0.39, 0.29) is 6.10 Å². The van der Waals surface area contributed by atoms with E-state index < -0.39 is 0 Å². The molecule has 0 aliphatic carbocycles. The Hall–Kier alpha value is -1.72. The van der Waals surface area contributed by atoms with Gasteiger partial charge in [-0.15, -0.1) is 5.10 Å². The molecule has 3 rings (SSSR count). The van der Waals surface area contributed by atoms with Gasteiger partial charge in [-0.2, -0.15) is 0 Å². The van der Waals surface area contributed by atoms with Crippen molar-refractivity contribution in [3.05, 3.63) is 41.2 Å². The maximum absolute atomic E-state index is 5.82. The summed E-state index contributed by atoms with van der Waals surface area (Å²) in [6.45, 7) is 3.34. The Labute approximate surface area is 118 Å². The summed E-state index contributed by atoms with van der Waals surface area (Å²) in [6.07, 6.45) is 3.11. The van der Waals surface area contributed by atoms with Crippen molar-refractivity contribution in [2.75, 3.05) is 6.61 Å². The van der Waals surface area contributed by atoms with Crippen LogP contribution in [-0.2, 0) is 17.7 Å². The molecule has 106 valence electrons. The van der Waals surface area contributed by atoms with Crippen molar-refractivity contribution in [2.45, 2.75) is 38.8 Å². The van der Waals surface area contributed by atoms with Crippen molar-refractivity contribution >= 4 is 0 Å². The largest absolute Gasteiger partial charge is 0.372 e. The lowest BCUT2D eigenvalue weighted by molar-refractivity contribution is 0.106. The Morgan fingerprint density at radius 1 is 1.40 bits per heavy atom. The van der Waals surface area contributed by atoms with Crippen molar-refractivity contribution in [1.29, 1.82) is 0 Å². The number of nitrogens with two attached hydrogens (primary N) is 1. The summed E-state index contributed by atoms with van der Waals surface area (Å²) >= 11 is 0. The summed E-state index contributed by atoms with van der Waals surface area (Å²) in [5, 5.41) is 8.56. The molecular formula is C15H20N4O. The van der Waals surface area contributed by atoms with Crippen LogP contribution in [0.3, 0.4) is 0 Å². The number of hydrogen-bond donors (Lipinski definition) is 1. The molecule has 1 saturated heterocycles. The highest BCUT2D eigenvalue weighted by molar-refractivity contribution is 5.42. The number of benzene rings is 1. The number of aromatic nitrogens is 3. The zero-order chi connectivity index (χ0) is 13.9. The van der Waals surface area contributed by atoms with Crippen LogP contribution >= 0.6 is 0 Å². The maximum atomic E-state index is 5.82. The zero-order valence-electron chi connectivity index (χ0n) is 11.7. The summed E-state index contributed by atoms with van der Waals surface area (Å²) < 4.78 is 7.73. The Morgan fingerprint density at radius 3 is 2.95 bits per heavy atom. The molecule has 1 aromatic carbocycles. The van der Waals surface area contributed by atoms with Gasteiger partial charge < -0.3 is 10.5 Å². The molecule has 1 aliphatic rings. The predicted molar refractivity (Wildman–Crippen MR) is 76.6 cm³/mol. The third-order valence-electron chi connectivity index (χ3n) is 3.81. The number of aryl methyl sites for hydroxylation is 1. The Kier molecular flexibility index (Phi) is 3.80. The number of rotatable bonds is 4. The number of ether oxygens (including phenoxy) is 1. The highest BCUT2D eigenvalue weighted by atomic mass is 16.5. The van der Waals surface area contributed by atoms with Crippen LogP contribution in [0.5, 0.6) is 0 Å². The van der Waals surface area contributed by atoms with Crippen LogP contribution in [0.4, 0.5) is 0 Å². The van der Waals surface area contributed by atoms with Crippen LogP contribution in [0, 0.1) is 0 Å². The second-order valence-electron chi connectivity index (χ2n) is 5.02. The van der Waals surface area contributed by atoms with Crippen LogP contribution in [0.25, 0.3) is 5.69 Å². The molecular weight excluding hydrogens is 252 g/mol. The van der Waals surface area contributed by atoms with Crippen molar-refractivity contribution in [3.63, 3.8) is 0 Å². The van der Waals surface area contributed by atoms with Crippen LogP contribution in [0.2, 0.25) is 0 Å². The molecule has 5 heteroatoms. The van der Waals surface area contributed by atoms with Crippen LogP contribution < -0.4 is 5.73 Å². The molecule has 5 nitrogen and oxygen atoms in total. The third-order valence-corrected chi connectivity index (χ3v) is 3.81. The fraction of sp³-hybridized carbons (Fsp3) is 0.467. The fourth-order valence-electron chi connectivity index (χ4n) is 2.78. The average molecular weight is 272 g/mol. The van der Waals surface area contributed by atoms with Crippen molar-refractivity contribution in [1.82, 2.24) is 15.0 Å². The number of hydrogen-bond acceptors (Lipinski definition) is 4. The lowest BCUT2D eigenvalue weighted by atomic mass is 10.1. The van der Waals surface area contributed by atoms with Gasteiger partial charge in [-0.1, -0.05) is 30.3 Å². The molecule has 0 bridgehead atoms. The first-order valence-electron chi connectivity index (χ1n) is 7.19. The minimum Gasteiger partial charge on any atom is -0.372 e. The second-order valence-corrected chi connectivity index (χ2v) is 5.02. The molecule has 20 heavy (non-hydrogen) atoms. The van der Waals surface area contributed by atoms with Crippen LogP contribution in [0.1, 0.15) is 42.8 Å². The van der Waals surface area contributed by atoms with Gasteiger partial charge in [0, 0.05) is 13.2 Å². The maximum Gasteiger partial charge on any atom is 0.103 e. The van der Waals surface area contributed by atoms with E-state index in [1.54, 1.807) is 0 Å². The van der Waals surface area contributed by atoms with Crippen LogP contribution in [-0.4, -0.2) is 21.6 Å². The predicted octanol–water partition coefficient (Wildman–Crippen LogP) is 2.14. The monoisotopic (exact) mass is 272 g/mol. The lowest BCUT2D eigenvalue weighted by Crippen LogP contribution is -2.12. The van der Waals surface area contributed by atoms with E-state index in [0.717, 1.165) is 42.9 Å². The summed E-state index contributed by atoms with van der Waals surface area (Å²) in [5.74, 6) is 0. The van der Waals surface area contributed by atoms with Gasteiger partial charge in [-0.3, -0.25) is 0 Å². The zero-order valence-corrected chi connectivity index (χ0v) is 11.7. The molecule has 1 aromatic heterocycles. The first-order chi connectivity index (χ1) is 9.85. The number of para-hydroxylation sites is 1. The number of nitrogens with zero attached hydrogens (tertiary/aromatic N) is 3. The lowest BCUT2D eigenvalue weighted by Gasteiger charge is -2.15. The highest BCUT2D eigenvalue weighted by Gasteiger charge is 2.27. The summed E-state index contributed by atoms with van der Waals surface area (Å²) in [4.78, 5) is 0. The minimum atomic E-state index is 0.0634. The Bertz CT molecular complexity index is 587. The Balaban J connectivity index is 2.11. The normalized spacial score (nSPS) is 18.6. The highest BCUT2D eigenvalue weighted by Crippen LogP contribution is 2.32. The van der Waals surface area contributed by atoms with Crippen LogP contribution in [0.15, 0.2) is 24.3 Å². The SMILES string of the molecule is CCc1ccccc1-n1nnc(CN)c1C1CCCO1. The average Bonchev–Trinajstić information content (AvgIpc) is 3.15. The molecule has 1 aliphatic heterocycles. The van der Waals surface area contributed by atoms with E-state index in [2.05, 4.69) is 35.4 Å². The van der Waals surface area contributed by atoms with E-state index in [9.17, 15) is 0 Å². The van der Waals surface area contributed by atoms with Gasteiger partial charge in [0.2, 0.25) is 0 Å². The summed E-state index contributed by atoms with van der Waals surface area (Å²) in [6, 6.07) is 8.27. The molecule has 0 saturated carbocycles. The molecule has 1 atom stereocenters. The summed E-state index contributed by atoms with van der Waals surface area (Å²) in [5.41, 5.74) is 9.99. The van der Waals surface area contributed by atoms with Gasteiger partial charge in [-0.25, -0.2) is 4.68 Å². The molecule has 1 fully saturated rings. The van der Waals surface area contributed by atoms with E-state index in [4.69, 9.17) is 10.5 Å². The molecule has 2 N–H and O–H groups in total.